The SMILES string of the molecule is CC1(C)OB(c2cc(C(F)(F)F)ccc2-c2cccc3cccnc23)OC1(C)C. The Balaban J connectivity index is 1.93. The van der Waals surface area contributed by atoms with Gasteiger partial charge in [0.1, 0.15) is 0 Å². The summed E-state index contributed by atoms with van der Waals surface area (Å²) in [6.07, 6.45) is -2.79. The van der Waals surface area contributed by atoms with Crippen molar-refractivity contribution >= 4 is 23.5 Å². The van der Waals surface area contributed by atoms with Gasteiger partial charge in [0.25, 0.3) is 0 Å². The fourth-order valence-electron chi connectivity index (χ4n) is 3.47. The van der Waals surface area contributed by atoms with Crippen molar-refractivity contribution in [2.45, 2.75) is 45.1 Å². The van der Waals surface area contributed by atoms with Crippen LogP contribution >= 0.6 is 0 Å². The first kappa shape index (κ1) is 19.9. The first-order valence-electron chi connectivity index (χ1n) is 9.40. The van der Waals surface area contributed by atoms with Gasteiger partial charge in [0.15, 0.2) is 0 Å². The minimum atomic E-state index is -4.46. The van der Waals surface area contributed by atoms with E-state index in [9.17, 15) is 13.2 Å². The Bertz CT molecular complexity index is 1060. The maximum absolute atomic E-state index is 13.5. The Morgan fingerprint density at radius 2 is 1.52 bits per heavy atom. The molecule has 3 nitrogen and oxygen atoms in total. The van der Waals surface area contributed by atoms with E-state index < -0.39 is 30.1 Å². The van der Waals surface area contributed by atoms with E-state index in [1.165, 1.54) is 6.07 Å². The number of halogens is 3. The van der Waals surface area contributed by atoms with Crippen molar-refractivity contribution in [3.05, 3.63) is 60.3 Å². The Labute approximate surface area is 168 Å². The lowest BCUT2D eigenvalue weighted by Gasteiger charge is -2.32. The summed E-state index contributed by atoms with van der Waals surface area (Å²) in [4.78, 5) is 4.45. The molecular formula is C22H21BF3NO2. The quantitative estimate of drug-likeness (QED) is 0.554. The van der Waals surface area contributed by atoms with Gasteiger partial charge in [-0.2, -0.15) is 13.2 Å². The topological polar surface area (TPSA) is 31.4 Å². The highest BCUT2D eigenvalue weighted by atomic mass is 19.4. The molecular weight excluding hydrogens is 378 g/mol. The predicted octanol–water partition coefficient (Wildman–Crippen LogP) is 5.22. The highest BCUT2D eigenvalue weighted by molar-refractivity contribution is 6.64. The normalized spacial score (nSPS) is 18.4. The van der Waals surface area contributed by atoms with E-state index in [4.69, 9.17) is 9.31 Å². The fourth-order valence-corrected chi connectivity index (χ4v) is 3.47. The lowest BCUT2D eigenvalue weighted by atomic mass is 9.73. The van der Waals surface area contributed by atoms with Crippen LogP contribution in [0.1, 0.15) is 33.3 Å². The van der Waals surface area contributed by atoms with Crippen LogP contribution in [0, 0.1) is 0 Å². The van der Waals surface area contributed by atoms with Gasteiger partial charge in [0.05, 0.1) is 22.3 Å². The molecule has 3 aromatic rings. The first-order chi connectivity index (χ1) is 13.5. The molecule has 1 fully saturated rings. The molecule has 29 heavy (non-hydrogen) atoms. The van der Waals surface area contributed by atoms with Crippen molar-refractivity contribution < 1.29 is 22.5 Å². The Morgan fingerprint density at radius 3 is 2.17 bits per heavy atom. The number of pyridine rings is 1. The summed E-state index contributed by atoms with van der Waals surface area (Å²) >= 11 is 0. The van der Waals surface area contributed by atoms with E-state index in [0.29, 0.717) is 16.5 Å². The van der Waals surface area contributed by atoms with E-state index in [2.05, 4.69) is 4.98 Å². The zero-order valence-corrected chi connectivity index (χ0v) is 16.7. The van der Waals surface area contributed by atoms with Gasteiger partial charge in [-0.15, -0.1) is 0 Å². The fraction of sp³-hybridized carbons (Fsp3) is 0.318. The number of benzene rings is 2. The van der Waals surface area contributed by atoms with Gasteiger partial charge in [-0.05, 0) is 56.9 Å². The van der Waals surface area contributed by atoms with Crippen LogP contribution in [0.3, 0.4) is 0 Å². The molecule has 0 atom stereocenters. The van der Waals surface area contributed by atoms with Gasteiger partial charge in [-0.1, -0.05) is 30.3 Å². The molecule has 0 N–H and O–H groups in total. The summed E-state index contributed by atoms with van der Waals surface area (Å²) in [5.41, 5.74) is 0.339. The third-order valence-corrected chi connectivity index (χ3v) is 5.81. The Morgan fingerprint density at radius 1 is 0.862 bits per heavy atom. The zero-order valence-electron chi connectivity index (χ0n) is 16.7. The van der Waals surface area contributed by atoms with Gasteiger partial charge in [0.2, 0.25) is 0 Å². The van der Waals surface area contributed by atoms with Crippen LogP contribution in [0.2, 0.25) is 0 Å². The van der Waals surface area contributed by atoms with Crippen LogP contribution in [0.5, 0.6) is 0 Å². The van der Waals surface area contributed by atoms with E-state index in [0.717, 1.165) is 23.1 Å². The van der Waals surface area contributed by atoms with Crippen LogP contribution < -0.4 is 5.46 Å². The van der Waals surface area contributed by atoms with Crippen LogP contribution in [0.25, 0.3) is 22.0 Å². The van der Waals surface area contributed by atoms with Gasteiger partial charge >= 0.3 is 13.3 Å². The summed E-state index contributed by atoms with van der Waals surface area (Å²) in [5, 5.41) is 0.907. The van der Waals surface area contributed by atoms with Crippen LogP contribution in [0.4, 0.5) is 13.2 Å². The summed E-state index contributed by atoms with van der Waals surface area (Å²) in [7, 11) is -0.920. The molecule has 4 rings (SSSR count). The standard InChI is InChI=1S/C22H21BF3NO2/c1-20(2)21(3,4)29-23(28-20)18-13-15(22(24,25)26)10-11-16(18)17-9-5-7-14-8-6-12-27-19(14)17/h5-13H,1-4H3. The van der Waals surface area contributed by atoms with Crippen molar-refractivity contribution in [1.82, 2.24) is 4.98 Å². The average molecular weight is 399 g/mol. The molecule has 1 aliphatic rings. The van der Waals surface area contributed by atoms with Crippen molar-refractivity contribution in [2.24, 2.45) is 0 Å². The van der Waals surface area contributed by atoms with Gasteiger partial charge in [0, 0.05) is 17.1 Å². The maximum Gasteiger partial charge on any atom is 0.495 e. The molecule has 0 aliphatic carbocycles. The molecule has 0 saturated carbocycles. The van der Waals surface area contributed by atoms with Gasteiger partial charge < -0.3 is 9.31 Å². The Kier molecular flexibility index (Phi) is 4.51. The number of alkyl halides is 3. The number of fused-ring (bicyclic) bond motifs is 1. The minimum absolute atomic E-state index is 0.344. The molecule has 150 valence electrons. The summed E-state index contributed by atoms with van der Waals surface area (Å²) in [6, 6.07) is 13.1. The Hall–Kier alpha value is -2.38. The molecule has 0 spiro atoms. The number of rotatable bonds is 2. The van der Waals surface area contributed by atoms with Gasteiger partial charge in [-0.3, -0.25) is 4.98 Å². The number of nitrogens with zero attached hydrogens (tertiary/aromatic N) is 1. The lowest BCUT2D eigenvalue weighted by Crippen LogP contribution is -2.41. The van der Waals surface area contributed by atoms with Crippen molar-refractivity contribution in [2.75, 3.05) is 0 Å². The van der Waals surface area contributed by atoms with Crippen LogP contribution in [-0.4, -0.2) is 23.3 Å². The highest BCUT2D eigenvalue weighted by Crippen LogP contribution is 2.39. The lowest BCUT2D eigenvalue weighted by molar-refractivity contribution is -0.137. The number of hydrogen-bond donors (Lipinski definition) is 0. The van der Waals surface area contributed by atoms with E-state index in [1.54, 1.807) is 6.20 Å². The molecule has 1 aliphatic heterocycles. The van der Waals surface area contributed by atoms with Crippen molar-refractivity contribution in [3.8, 4) is 11.1 Å². The second kappa shape index (κ2) is 6.57. The molecule has 0 unspecified atom stereocenters. The summed E-state index contributed by atoms with van der Waals surface area (Å²) in [6.45, 7) is 7.50. The van der Waals surface area contributed by atoms with E-state index >= 15 is 0 Å². The zero-order chi connectivity index (χ0) is 21.0. The molecule has 0 radical (unpaired) electrons. The molecule has 1 aromatic heterocycles. The van der Waals surface area contributed by atoms with Crippen LogP contribution in [-0.2, 0) is 15.5 Å². The van der Waals surface area contributed by atoms with Crippen LogP contribution in [0.15, 0.2) is 54.7 Å². The highest BCUT2D eigenvalue weighted by Gasteiger charge is 2.52. The molecule has 2 aromatic carbocycles. The molecule has 1 saturated heterocycles. The third kappa shape index (κ3) is 3.42. The molecule has 0 amide bonds. The maximum atomic E-state index is 13.5. The average Bonchev–Trinajstić information content (AvgIpc) is 2.87. The second-order valence-corrected chi connectivity index (χ2v) is 8.27. The predicted molar refractivity (Wildman–Crippen MR) is 108 cm³/mol. The largest absolute Gasteiger partial charge is 0.495 e. The van der Waals surface area contributed by atoms with E-state index in [-0.39, 0.29) is 0 Å². The number of aromatic nitrogens is 1. The van der Waals surface area contributed by atoms with Crippen molar-refractivity contribution in [1.29, 1.82) is 0 Å². The third-order valence-electron chi connectivity index (χ3n) is 5.81. The number of para-hydroxylation sites is 1. The minimum Gasteiger partial charge on any atom is -0.399 e. The summed E-state index contributed by atoms with van der Waals surface area (Å²) < 4.78 is 52.5. The van der Waals surface area contributed by atoms with Crippen molar-refractivity contribution in [3.63, 3.8) is 0 Å². The second-order valence-electron chi connectivity index (χ2n) is 8.27. The molecule has 7 heteroatoms. The number of hydrogen-bond acceptors (Lipinski definition) is 3. The molecule has 2 heterocycles. The van der Waals surface area contributed by atoms with E-state index in [1.807, 2.05) is 58.0 Å². The van der Waals surface area contributed by atoms with Gasteiger partial charge in [-0.25, -0.2) is 0 Å². The smallest absolute Gasteiger partial charge is 0.399 e. The monoisotopic (exact) mass is 399 g/mol. The summed E-state index contributed by atoms with van der Waals surface area (Å²) in [5.74, 6) is 0. The molecule has 0 bridgehead atoms. The first-order valence-corrected chi connectivity index (χ1v) is 9.40.